The molecule has 0 aromatic carbocycles. The summed E-state index contributed by atoms with van der Waals surface area (Å²) in [6.45, 7) is 8.66. The summed E-state index contributed by atoms with van der Waals surface area (Å²) in [5.41, 5.74) is 5.39. The maximum atomic E-state index is 8.39. The van der Waals surface area contributed by atoms with E-state index in [1.54, 1.807) is 0 Å². The lowest BCUT2D eigenvalue weighted by molar-refractivity contribution is 0.124. The number of hydrogen-bond donors (Lipinski definition) is 3. The zero-order valence-electron chi connectivity index (χ0n) is 10.6. The number of hydrogen-bond acceptors (Lipinski definition) is 4. The van der Waals surface area contributed by atoms with E-state index in [2.05, 4.69) is 24.3 Å². The largest absolute Gasteiger partial charge is 0.409 e. The highest BCUT2D eigenvalue weighted by Gasteiger charge is 2.03. The molecule has 0 aliphatic rings. The van der Waals surface area contributed by atoms with Crippen molar-refractivity contribution in [3.63, 3.8) is 0 Å². The molecule has 4 N–H and O–H groups in total. The summed E-state index contributed by atoms with van der Waals surface area (Å²) >= 11 is 0. The van der Waals surface area contributed by atoms with Gasteiger partial charge in [-0.2, -0.15) is 0 Å². The van der Waals surface area contributed by atoms with Crippen LogP contribution in [0.4, 0.5) is 0 Å². The van der Waals surface area contributed by atoms with Gasteiger partial charge >= 0.3 is 0 Å². The molecule has 0 radical (unpaired) electrons. The maximum absolute atomic E-state index is 8.39. The first-order chi connectivity index (χ1) is 7.56. The molecule has 0 heterocycles. The van der Waals surface area contributed by atoms with Crippen molar-refractivity contribution >= 4 is 5.84 Å². The first-order valence-corrected chi connectivity index (χ1v) is 5.83. The highest BCUT2D eigenvalue weighted by molar-refractivity contribution is 5.80. The van der Waals surface area contributed by atoms with Crippen molar-refractivity contribution in [1.82, 2.24) is 5.32 Å². The third-order valence-corrected chi connectivity index (χ3v) is 2.22. The molecule has 1 unspecified atom stereocenters. The number of nitrogens with zero attached hydrogens (tertiary/aromatic N) is 1. The maximum Gasteiger partial charge on any atom is 0.140 e. The van der Waals surface area contributed by atoms with Crippen LogP contribution in [-0.4, -0.2) is 36.8 Å². The minimum Gasteiger partial charge on any atom is -0.409 e. The van der Waals surface area contributed by atoms with Crippen molar-refractivity contribution < 1.29 is 9.94 Å². The molecule has 0 aromatic heterocycles. The fourth-order valence-electron chi connectivity index (χ4n) is 1.23. The molecule has 0 aromatic rings. The second-order valence-corrected chi connectivity index (χ2v) is 4.45. The molecule has 0 rings (SSSR count). The van der Waals surface area contributed by atoms with Gasteiger partial charge in [0.15, 0.2) is 0 Å². The summed E-state index contributed by atoms with van der Waals surface area (Å²) in [6, 6.07) is 0.199. The van der Waals surface area contributed by atoms with Crippen LogP contribution in [0.3, 0.4) is 0 Å². The predicted octanol–water partition coefficient (Wildman–Crippen LogP) is 1.16. The third-order valence-electron chi connectivity index (χ3n) is 2.22. The number of ether oxygens (including phenoxy) is 1. The molecule has 0 saturated carbocycles. The fourth-order valence-corrected chi connectivity index (χ4v) is 1.23. The van der Waals surface area contributed by atoms with Crippen LogP contribution < -0.4 is 11.1 Å². The van der Waals surface area contributed by atoms with E-state index in [1.165, 1.54) is 0 Å². The zero-order valence-corrected chi connectivity index (χ0v) is 10.6. The molecule has 16 heavy (non-hydrogen) atoms. The molecular weight excluding hydrogens is 206 g/mol. The first-order valence-electron chi connectivity index (χ1n) is 5.83. The Morgan fingerprint density at radius 2 is 2.06 bits per heavy atom. The Bertz CT molecular complexity index is 196. The van der Waals surface area contributed by atoms with Crippen LogP contribution in [0.5, 0.6) is 0 Å². The monoisotopic (exact) mass is 231 g/mol. The highest BCUT2D eigenvalue weighted by Crippen LogP contribution is 1.98. The Hall–Kier alpha value is -0.810. The smallest absolute Gasteiger partial charge is 0.140 e. The lowest BCUT2D eigenvalue weighted by Crippen LogP contribution is -2.33. The standard InChI is InChI=1S/C11H25N3O2/c1-9(2)4-6-16-7-5-13-10(3)8-11(12)14-15/h9-10,13,15H,4-8H2,1-3H3,(H2,12,14). The second-order valence-electron chi connectivity index (χ2n) is 4.45. The van der Waals surface area contributed by atoms with E-state index in [0.717, 1.165) is 19.6 Å². The van der Waals surface area contributed by atoms with Gasteiger partial charge in [-0.15, -0.1) is 0 Å². The summed E-state index contributed by atoms with van der Waals surface area (Å²) in [5, 5.41) is 14.6. The molecule has 0 aliphatic carbocycles. The molecule has 5 heteroatoms. The van der Waals surface area contributed by atoms with Crippen LogP contribution in [-0.2, 0) is 4.74 Å². The van der Waals surface area contributed by atoms with Crippen LogP contribution in [0.1, 0.15) is 33.6 Å². The molecule has 0 aliphatic heterocycles. The first kappa shape index (κ1) is 15.2. The van der Waals surface area contributed by atoms with E-state index in [-0.39, 0.29) is 11.9 Å². The Morgan fingerprint density at radius 1 is 1.38 bits per heavy atom. The Morgan fingerprint density at radius 3 is 2.62 bits per heavy atom. The average Bonchev–Trinajstić information content (AvgIpc) is 2.22. The minimum absolute atomic E-state index is 0.199. The molecule has 96 valence electrons. The van der Waals surface area contributed by atoms with Crippen molar-refractivity contribution in [1.29, 1.82) is 0 Å². The molecule has 0 saturated heterocycles. The van der Waals surface area contributed by atoms with Gasteiger partial charge in [0.2, 0.25) is 0 Å². The van der Waals surface area contributed by atoms with E-state index in [1.807, 2.05) is 6.92 Å². The van der Waals surface area contributed by atoms with Gasteiger partial charge in [0.1, 0.15) is 5.84 Å². The fraction of sp³-hybridized carbons (Fsp3) is 0.909. The van der Waals surface area contributed by atoms with Gasteiger partial charge in [-0.3, -0.25) is 0 Å². The quantitative estimate of drug-likeness (QED) is 0.183. The summed E-state index contributed by atoms with van der Waals surface area (Å²) in [6.07, 6.45) is 1.64. The van der Waals surface area contributed by atoms with Crippen molar-refractivity contribution in [2.75, 3.05) is 19.8 Å². The second kappa shape index (κ2) is 9.42. The Kier molecular flexibility index (Phi) is 8.94. The Balaban J connectivity index is 3.31. The number of amidine groups is 1. The highest BCUT2D eigenvalue weighted by atomic mass is 16.5. The molecule has 0 fully saturated rings. The normalized spacial score (nSPS) is 14.4. The molecule has 0 spiro atoms. The van der Waals surface area contributed by atoms with Gasteiger partial charge in [-0.05, 0) is 19.3 Å². The zero-order chi connectivity index (χ0) is 12.4. The van der Waals surface area contributed by atoms with Crippen LogP contribution in [0.15, 0.2) is 5.16 Å². The van der Waals surface area contributed by atoms with Crippen LogP contribution in [0.2, 0.25) is 0 Å². The van der Waals surface area contributed by atoms with Gasteiger partial charge in [0.05, 0.1) is 6.61 Å². The average molecular weight is 231 g/mol. The lowest BCUT2D eigenvalue weighted by Gasteiger charge is -2.13. The van der Waals surface area contributed by atoms with Crippen molar-refractivity contribution in [2.24, 2.45) is 16.8 Å². The van der Waals surface area contributed by atoms with Gasteiger partial charge in [0.25, 0.3) is 0 Å². The lowest BCUT2D eigenvalue weighted by atomic mass is 10.1. The number of nitrogens with one attached hydrogen (secondary N) is 1. The number of nitrogens with two attached hydrogens (primary N) is 1. The van der Waals surface area contributed by atoms with Crippen molar-refractivity contribution in [3.05, 3.63) is 0 Å². The van der Waals surface area contributed by atoms with Gasteiger partial charge in [-0.25, -0.2) is 0 Å². The summed E-state index contributed by atoms with van der Waals surface area (Å²) in [5.74, 6) is 0.938. The SMILES string of the molecule is CC(C)CCOCCNC(C)CC(N)=NO. The molecule has 0 amide bonds. The summed E-state index contributed by atoms with van der Waals surface area (Å²) < 4.78 is 5.45. The van der Waals surface area contributed by atoms with E-state index in [0.29, 0.717) is 18.9 Å². The number of rotatable bonds is 9. The van der Waals surface area contributed by atoms with Crippen LogP contribution in [0, 0.1) is 5.92 Å². The summed E-state index contributed by atoms with van der Waals surface area (Å²) in [7, 11) is 0. The molecule has 1 atom stereocenters. The van der Waals surface area contributed by atoms with E-state index < -0.39 is 0 Å². The van der Waals surface area contributed by atoms with E-state index in [9.17, 15) is 0 Å². The van der Waals surface area contributed by atoms with Gasteiger partial charge in [-0.1, -0.05) is 19.0 Å². The van der Waals surface area contributed by atoms with Crippen molar-refractivity contribution in [3.8, 4) is 0 Å². The number of oxime groups is 1. The van der Waals surface area contributed by atoms with Crippen LogP contribution in [0.25, 0.3) is 0 Å². The van der Waals surface area contributed by atoms with E-state index in [4.69, 9.17) is 15.7 Å². The topological polar surface area (TPSA) is 79.9 Å². The van der Waals surface area contributed by atoms with Crippen LogP contribution >= 0.6 is 0 Å². The van der Waals surface area contributed by atoms with Gasteiger partial charge in [0, 0.05) is 25.6 Å². The van der Waals surface area contributed by atoms with Gasteiger partial charge < -0.3 is 21.0 Å². The summed E-state index contributed by atoms with van der Waals surface area (Å²) in [4.78, 5) is 0. The van der Waals surface area contributed by atoms with E-state index >= 15 is 0 Å². The minimum atomic E-state index is 0.199. The molecular formula is C11H25N3O2. The third kappa shape index (κ3) is 9.73. The predicted molar refractivity (Wildman–Crippen MR) is 65.8 cm³/mol. The molecule has 0 bridgehead atoms. The van der Waals surface area contributed by atoms with Crippen molar-refractivity contribution in [2.45, 2.75) is 39.7 Å². The molecule has 5 nitrogen and oxygen atoms in total. The Labute approximate surface area is 98.0 Å².